The fraction of sp³-hybridized carbons (Fsp3) is 0.125. The van der Waals surface area contributed by atoms with Crippen LogP contribution in [-0.4, -0.2) is 18.9 Å². The van der Waals surface area contributed by atoms with Gasteiger partial charge in [0.1, 0.15) is 0 Å². The van der Waals surface area contributed by atoms with Gasteiger partial charge in [-0.3, -0.25) is 4.79 Å². The van der Waals surface area contributed by atoms with Gasteiger partial charge in [0.25, 0.3) is 0 Å². The topological polar surface area (TPSA) is 69.4 Å². The summed E-state index contributed by atoms with van der Waals surface area (Å²) in [6.07, 6.45) is 0. The van der Waals surface area contributed by atoms with Gasteiger partial charge in [0.15, 0.2) is 5.78 Å². The Balaban J connectivity index is 2.54. The molecule has 1 atom stereocenters. The van der Waals surface area contributed by atoms with E-state index < -0.39 is 17.3 Å². The lowest BCUT2D eigenvalue weighted by Crippen LogP contribution is -2.52. The molecule has 0 spiro atoms. The summed E-state index contributed by atoms with van der Waals surface area (Å²) >= 11 is 0. The normalized spacial score (nSPS) is 13.3. The van der Waals surface area contributed by atoms with E-state index in [4.69, 9.17) is 10.5 Å². The Labute approximate surface area is 117 Å². The molecule has 0 saturated heterocycles. The number of Topliss-reactive ketones (excluding diaryl/α,β-unsaturated/α-hetero) is 1. The summed E-state index contributed by atoms with van der Waals surface area (Å²) < 4.78 is 4.73. The van der Waals surface area contributed by atoms with E-state index in [9.17, 15) is 9.59 Å². The highest BCUT2D eigenvalue weighted by molar-refractivity contribution is 6.16. The molecule has 0 heterocycles. The summed E-state index contributed by atoms with van der Waals surface area (Å²) in [7, 11) is 1.21. The molecule has 2 aromatic carbocycles. The number of rotatable bonds is 4. The zero-order chi connectivity index (χ0) is 14.6. The minimum absolute atomic E-state index is 0.365. The van der Waals surface area contributed by atoms with E-state index in [1.165, 1.54) is 7.11 Å². The van der Waals surface area contributed by atoms with Gasteiger partial charge in [-0.1, -0.05) is 60.7 Å². The van der Waals surface area contributed by atoms with Crippen LogP contribution in [0, 0.1) is 0 Å². The van der Waals surface area contributed by atoms with Crippen LogP contribution in [0.5, 0.6) is 0 Å². The molecule has 4 nitrogen and oxygen atoms in total. The molecule has 0 unspecified atom stereocenters. The molecule has 2 rings (SSSR count). The van der Waals surface area contributed by atoms with Crippen molar-refractivity contribution in [3.05, 3.63) is 71.8 Å². The van der Waals surface area contributed by atoms with Gasteiger partial charge in [-0.05, 0) is 5.56 Å². The first-order valence-corrected chi connectivity index (χ1v) is 6.13. The van der Waals surface area contributed by atoms with Gasteiger partial charge in [-0.15, -0.1) is 0 Å². The van der Waals surface area contributed by atoms with Gasteiger partial charge in [-0.25, -0.2) is 4.79 Å². The van der Waals surface area contributed by atoms with E-state index in [0.717, 1.165) is 0 Å². The maximum atomic E-state index is 12.6. The van der Waals surface area contributed by atoms with Crippen molar-refractivity contribution in [1.29, 1.82) is 0 Å². The molecule has 102 valence electrons. The third-order valence-corrected chi connectivity index (χ3v) is 3.13. The van der Waals surface area contributed by atoms with Crippen molar-refractivity contribution in [3.63, 3.8) is 0 Å². The predicted octanol–water partition coefficient (Wildman–Crippen LogP) is 1.90. The molecule has 0 aliphatic heterocycles. The number of hydrogen-bond acceptors (Lipinski definition) is 4. The quantitative estimate of drug-likeness (QED) is 0.523. The number of methoxy groups -OCH3 is 1. The van der Waals surface area contributed by atoms with Crippen molar-refractivity contribution in [1.82, 2.24) is 0 Å². The summed E-state index contributed by atoms with van der Waals surface area (Å²) in [5.41, 5.74) is 5.06. The van der Waals surface area contributed by atoms with Crippen LogP contribution >= 0.6 is 0 Å². The van der Waals surface area contributed by atoms with Crippen LogP contribution in [0.2, 0.25) is 0 Å². The van der Waals surface area contributed by atoms with Crippen LogP contribution in [-0.2, 0) is 15.1 Å². The highest BCUT2D eigenvalue weighted by atomic mass is 16.5. The summed E-state index contributed by atoms with van der Waals surface area (Å²) in [5, 5.41) is 0. The summed E-state index contributed by atoms with van der Waals surface area (Å²) in [6.45, 7) is 0. The number of carbonyl (C=O) groups is 2. The maximum absolute atomic E-state index is 12.6. The van der Waals surface area contributed by atoms with Crippen molar-refractivity contribution >= 4 is 11.8 Å². The number of hydrogen-bond donors (Lipinski definition) is 1. The average Bonchev–Trinajstić information content (AvgIpc) is 2.54. The molecule has 0 radical (unpaired) electrons. The van der Waals surface area contributed by atoms with Crippen molar-refractivity contribution in [2.45, 2.75) is 5.54 Å². The zero-order valence-corrected chi connectivity index (χ0v) is 11.1. The number of nitrogens with two attached hydrogens (primary N) is 1. The van der Waals surface area contributed by atoms with E-state index in [1.807, 2.05) is 0 Å². The van der Waals surface area contributed by atoms with Gasteiger partial charge in [0.2, 0.25) is 5.54 Å². The highest BCUT2D eigenvalue weighted by Gasteiger charge is 2.45. The highest BCUT2D eigenvalue weighted by Crippen LogP contribution is 2.24. The Bertz CT molecular complexity index is 610. The minimum atomic E-state index is -1.84. The lowest BCUT2D eigenvalue weighted by atomic mass is 9.83. The van der Waals surface area contributed by atoms with Crippen molar-refractivity contribution < 1.29 is 14.3 Å². The molecule has 20 heavy (non-hydrogen) atoms. The first kappa shape index (κ1) is 14.0. The molecule has 0 fully saturated rings. The van der Waals surface area contributed by atoms with E-state index in [1.54, 1.807) is 60.7 Å². The third-order valence-electron chi connectivity index (χ3n) is 3.13. The van der Waals surface area contributed by atoms with Crippen molar-refractivity contribution in [2.75, 3.05) is 7.11 Å². The van der Waals surface area contributed by atoms with E-state index in [0.29, 0.717) is 11.1 Å². The second-order valence-corrected chi connectivity index (χ2v) is 4.36. The van der Waals surface area contributed by atoms with Crippen molar-refractivity contribution in [2.24, 2.45) is 5.73 Å². The molecular formula is C16H15NO3. The zero-order valence-electron chi connectivity index (χ0n) is 11.1. The first-order valence-electron chi connectivity index (χ1n) is 6.13. The van der Waals surface area contributed by atoms with Crippen LogP contribution in [0.25, 0.3) is 0 Å². The third kappa shape index (κ3) is 2.33. The SMILES string of the molecule is COC(=O)[C@](N)(C(=O)c1ccccc1)c1ccccc1. The van der Waals surface area contributed by atoms with E-state index in [-0.39, 0.29) is 0 Å². The number of benzene rings is 2. The van der Waals surface area contributed by atoms with E-state index >= 15 is 0 Å². The molecule has 2 N–H and O–H groups in total. The largest absolute Gasteiger partial charge is 0.467 e. The van der Waals surface area contributed by atoms with Gasteiger partial charge in [0, 0.05) is 5.56 Å². The minimum Gasteiger partial charge on any atom is -0.467 e. The summed E-state index contributed by atoms with van der Waals surface area (Å²) in [6, 6.07) is 17.0. The molecular weight excluding hydrogens is 254 g/mol. The monoisotopic (exact) mass is 269 g/mol. The van der Waals surface area contributed by atoms with Gasteiger partial charge < -0.3 is 10.5 Å². The Morgan fingerprint density at radius 2 is 1.45 bits per heavy atom. The maximum Gasteiger partial charge on any atom is 0.338 e. The molecule has 0 aromatic heterocycles. The lowest BCUT2D eigenvalue weighted by molar-refractivity contribution is -0.145. The number of ether oxygens (including phenoxy) is 1. The van der Waals surface area contributed by atoms with E-state index in [2.05, 4.69) is 0 Å². The predicted molar refractivity (Wildman–Crippen MR) is 75.1 cm³/mol. The molecule has 0 amide bonds. The van der Waals surface area contributed by atoms with Gasteiger partial charge in [0.05, 0.1) is 7.11 Å². The Kier molecular flexibility index (Phi) is 3.96. The number of ketones is 1. The molecule has 0 bridgehead atoms. The summed E-state index contributed by atoms with van der Waals surface area (Å²) in [4.78, 5) is 24.7. The van der Waals surface area contributed by atoms with Crippen LogP contribution in [0.15, 0.2) is 60.7 Å². The molecule has 0 saturated carbocycles. The Morgan fingerprint density at radius 3 is 1.95 bits per heavy atom. The van der Waals surface area contributed by atoms with Crippen LogP contribution in [0.4, 0.5) is 0 Å². The average molecular weight is 269 g/mol. The molecule has 0 aliphatic carbocycles. The lowest BCUT2D eigenvalue weighted by Gasteiger charge is -2.25. The molecule has 0 aliphatic rings. The smallest absolute Gasteiger partial charge is 0.338 e. The van der Waals surface area contributed by atoms with Gasteiger partial charge >= 0.3 is 5.97 Å². The van der Waals surface area contributed by atoms with Crippen LogP contribution < -0.4 is 5.73 Å². The second kappa shape index (κ2) is 5.67. The second-order valence-electron chi connectivity index (χ2n) is 4.36. The Morgan fingerprint density at radius 1 is 0.950 bits per heavy atom. The molecule has 2 aromatic rings. The number of esters is 1. The van der Waals surface area contributed by atoms with Crippen LogP contribution in [0.3, 0.4) is 0 Å². The summed E-state index contributed by atoms with van der Waals surface area (Å²) in [5.74, 6) is -1.27. The fourth-order valence-corrected chi connectivity index (χ4v) is 2.02. The van der Waals surface area contributed by atoms with Gasteiger partial charge in [-0.2, -0.15) is 0 Å². The van der Waals surface area contributed by atoms with Crippen molar-refractivity contribution in [3.8, 4) is 0 Å². The number of carbonyl (C=O) groups excluding carboxylic acids is 2. The fourth-order valence-electron chi connectivity index (χ4n) is 2.02. The Hall–Kier alpha value is -2.46. The molecule has 4 heteroatoms. The first-order chi connectivity index (χ1) is 9.60. The standard InChI is InChI=1S/C16H15NO3/c1-20-15(19)16(17,13-10-6-3-7-11-13)14(18)12-8-4-2-5-9-12/h2-11H,17H2,1H3/t16-/m1/s1. The van der Waals surface area contributed by atoms with Crippen LogP contribution in [0.1, 0.15) is 15.9 Å².